The summed E-state index contributed by atoms with van der Waals surface area (Å²) in [4.78, 5) is 48.2. The Labute approximate surface area is 262 Å². The van der Waals surface area contributed by atoms with Crippen molar-refractivity contribution in [3.05, 3.63) is 96.1 Å². The van der Waals surface area contributed by atoms with Crippen molar-refractivity contribution in [2.45, 2.75) is 47.0 Å². The first-order chi connectivity index (χ1) is 20.4. The van der Waals surface area contributed by atoms with Gasteiger partial charge in [0.25, 0.3) is 0 Å². The number of nitrogens with one attached hydrogen (secondary N) is 1. The van der Waals surface area contributed by atoms with Gasteiger partial charge < -0.3 is 24.7 Å². The molecule has 1 amide bonds. The number of carbonyl (C=O) groups excluding carboxylic acids is 4. The van der Waals surface area contributed by atoms with E-state index in [4.69, 9.17) is 9.47 Å². The van der Waals surface area contributed by atoms with Gasteiger partial charge in [-0.2, -0.15) is 36.4 Å². The van der Waals surface area contributed by atoms with Crippen LogP contribution in [-0.4, -0.2) is 47.9 Å². The molecule has 8 nitrogen and oxygen atoms in total. The monoisotopic (exact) mass is 632 g/mol. The quantitative estimate of drug-likeness (QED) is 0.148. The van der Waals surface area contributed by atoms with Gasteiger partial charge in [0.15, 0.2) is 0 Å². The van der Waals surface area contributed by atoms with E-state index in [1.54, 1.807) is 76.2 Å². The fourth-order valence-corrected chi connectivity index (χ4v) is 4.34. The summed E-state index contributed by atoms with van der Waals surface area (Å²) in [7, 11) is 1.32. The van der Waals surface area contributed by atoms with E-state index in [1.165, 1.54) is 13.2 Å². The molecule has 0 fully saturated rings. The molecule has 3 rings (SSSR count). The maximum absolute atomic E-state index is 12.5. The Hall–Kier alpha value is -4.08. The first-order valence-corrected chi connectivity index (χ1v) is 14.2. The van der Waals surface area contributed by atoms with E-state index in [2.05, 4.69) is 38.2 Å². The van der Waals surface area contributed by atoms with Crippen molar-refractivity contribution in [3.8, 4) is 0 Å². The number of benzene rings is 2. The molecule has 0 aliphatic heterocycles. The molecular weight excluding hydrogens is 593 g/mol. The zero-order valence-electron chi connectivity index (χ0n) is 25.2. The molecule has 0 spiro atoms. The SMILES string of the molecule is CCOC(=O)C(C)(CCC(=O)Nc1cc[c-]cc1)CC(C)(C)C(=O)OC.O=C1C=[C-]C=CC1=C(O)c1ccccc1.[CH2]=[Co]. The van der Waals surface area contributed by atoms with Crippen LogP contribution in [0.1, 0.15) is 52.5 Å². The summed E-state index contributed by atoms with van der Waals surface area (Å²) in [6, 6.07) is 18.8. The first-order valence-electron chi connectivity index (χ1n) is 13.5. The van der Waals surface area contributed by atoms with Gasteiger partial charge in [-0.25, -0.2) is 0 Å². The summed E-state index contributed by atoms with van der Waals surface area (Å²) >= 11 is 3.31. The van der Waals surface area contributed by atoms with Crippen molar-refractivity contribution in [2.24, 2.45) is 10.8 Å². The van der Waals surface area contributed by atoms with E-state index in [0.29, 0.717) is 16.8 Å². The van der Waals surface area contributed by atoms with Gasteiger partial charge in [0.05, 0.1) is 30.3 Å². The summed E-state index contributed by atoms with van der Waals surface area (Å²) in [6.07, 6.45) is 7.76. The normalized spacial score (nSPS) is 14.5. The topological polar surface area (TPSA) is 119 Å². The van der Waals surface area contributed by atoms with Crippen LogP contribution in [0.4, 0.5) is 5.69 Å². The van der Waals surface area contributed by atoms with Crippen molar-refractivity contribution in [1.29, 1.82) is 0 Å². The fourth-order valence-electron chi connectivity index (χ4n) is 4.34. The molecule has 2 aromatic carbocycles. The van der Waals surface area contributed by atoms with Gasteiger partial charge >= 0.3 is 32.7 Å². The third-order valence-electron chi connectivity index (χ3n) is 6.37. The maximum atomic E-state index is 12.5. The predicted octanol–water partition coefficient (Wildman–Crippen LogP) is 5.78. The van der Waals surface area contributed by atoms with E-state index in [0.717, 1.165) is 0 Å². The number of hydrogen-bond acceptors (Lipinski definition) is 7. The molecule has 1 atom stereocenters. The van der Waals surface area contributed by atoms with E-state index in [-0.39, 0.29) is 43.3 Å². The molecule has 1 unspecified atom stereocenters. The van der Waals surface area contributed by atoms with Crippen LogP contribution in [-0.2, 0) is 44.0 Å². The van der Waals surface area contributed by atoms with Crippen molar-refractivity contribution in [3.63, 3.8) is 0 Å². The molecule has 0 radical (unpaired) electrons. The van der Waals surface area contributed by atoms with Crippen molar-refractivity contribution < 1.29 is 49.1 Å². The van der Waals surface area contributed by atoms with E-state index in [9.17, 15) is 24.3 Å². The van der Waals surface area contributed by atoms with Crippen molar-refractivity contribution >= 4 is 40.5 Å². The van der Waals surface area contributed by atoms with Crippen LogP contribution >= 0.6 is 0 Å². The Morgan fingerprint density at radius 3 is 2.21 bits per heavy atom. The number of carbonyl (C=O) groups is 4. The van der Waals surface area contributed by atoms with Crippen LogP contribution in [0.5, 0.6) is 0 Å². The molecule has 0 bridgehead atoms. The van der Waals surface area contributed by atoms with Crippen LogP contribution in [0.15, 0.2) is 78.4 Å². The van der Waals surface area contributed by atoms with Crippen LogP contribution < -0.4 is 5.32 Å². The molecule has 0 heterocycles. The molecule has 0 saturated heterocycles. The molecule has 2 N–H and O–H groups in total. The Kier molecular flexibility index (Phi) is 15.9. The number of amides is 1. The number of rotatable bonds is 10. The van der Waals surface area contributed by atoms with Crippen molar-refractivity contribution in [2.75, 3.05) is 19.0 Å². The Morgan fingerprint density at radius 1 is 1.02 bits per heavy atom. The van der Waals surface area contributed by atoms with Crippen LogP contribution in [0, 0.1) is 23.0 Å². The zero-order chi connectivity index (χ0) is 32.5. The second-order valence-corrected chi connectivity index (χ2v) is 10.3. The standard InChI is InChI=1S/C20H28NO5.C13H9O2.CH2.Co/c1-6-26-18(24)20(4,14-19(2,3)17(23)25-5)13-12-16(22)21-15-10-8-7-9-11-15;14-12-9-5-4-8-11(12)13(15)10-6-2-1-3-7-10;;/h8-11H,6,12-14H2,1-5H3,(H,21,22);1-4,6-9,15H;1H2;/q2*-1;;. The number of allylic oxidation sites excluding steroid dienone is 5. The third-order valence-corrected chi connectivity index (χ3v) is 6.37. The summed E-state index contributed by atoms with van der Waals surface area (Å²) in [5.74, 6) is -1.24. The third kappa shape index (κ3) is 12.0. The predicted molar refractivity (Wildman–Crippen MR) is 163 cm³/mol. The number of aliphatic hydroxyl groups is 1. The number of ketones is 1. The average molecular weight is 633 g/mol. The van der Waals surface area contributed by atoms with Gasteiger partial charge in [-0.15, -0.1) is 18.2 Å². The van der Waals surface area contributed by atoms with Crippen LogP contribution in [0.2, 0.25) is 0 Å². The number of anilines is 1. The summed E-state index contributed by atoms with van der Waals surface area (Å²) in [6.45, 7) is 7.12. The Balaban J connectivity index is 0.000000457. The molecule has 1 aliphatic rings. The number of esters is 2. The first kappa shape index (κ1) is 36.9. The Morgan fingerprint density at radius 2 is 1.65 bits per heavy atom. The van der Waals surface area contributed by atoms with E-state index >= 15 is 0 Å². The summed E-state index contributed by atoms with van der Waals surface area (Å²) in [5.41, 5.74) is 2.70. The second kappa shape index (κ2) is 18.5. The second-order valence-electron chi connectivity index (χ2n) is 10.3. The molecule has 9 heteroatoms. The molecule has 2 aromatic rings. The van der Waals surface area contributed by atoms with Gasteiger partial charge in [-0.1, -0.05) is 36.0 Å². The number of ether oxygens (including phenoxy) is 2. The van der Waals surface area contributed by atoms with E-state index < -0.39 is 22.8 Å². The minimum absolute atomic E-state index is 0.00889. The molecule has 43 heavy (non-hydrogen) atoms. The van der Waals surface area contributed by atoms with Gasteiger partial charge in [-0.05, 0) is 46.1 Å². The summed E-state index contributed by atoms with van der Waals surface area (Å²) in [5, 5.41) is 12.7. The molecular formula is C34H39CoNO7-2. The molecule has 233 valence electrons. The van der Waals surface area contributed by atoms with Gasteiger partial charge in [0.2, 0.25) is 5.91 Å². The van der Waals surface area contributed by atoms with Gasteiger partial charge in [-0.3, -0.25) is 14.4 Å². The number of aliphatic hydroxyl groups excluding tert-OH is 1. The number of hydrogen-bond donors (Lipinski definition) is 2. The molecule has 0 saturated carbocycles. The summed E-state index contributed by atoms with van der Waals surface area (Å²) < 4.78 is 10.0. The zero-order valence-corrected chi connectivity index (χ0v) is 26.2. The molecule has 0 aromatic heterocycles. The van der Waals surface area contributed by atoms with E-state index in [1.807, 2.05) is 18.2 Å². The molecule has 1 aliphatic carbocycles. The van der Waals surface area contributed by atoms with Crippen LogP contribution in [0.25, 0.3) is 5.76 Å². The fraction of sp³-hybridized carbons (Fsp3) is 0.324. The van der Waals surface area contributed by atoms with Crippen molar-refractivity contribution in [1.82, 2.24) is 0 Å². The Bertz CT molecular complexity index is 1320. The average Bonchev–Trinajstić information content (AvgIpc) is 3.01. The van der Waals surface area contributed by atoms with Crippen LogP contribution in [0.3, 0.4) is 0 Å². The van der Waals surface area contributed by atoms with Gasteiger partial charge in [0.1, 0.15) is 5.76 Å². The number of methoxy groups -OCH3 is 1. The van der Waals surface area contributed by atoms with Gasteiger partial charge in [0, 0.05) is 12.0 Å². The minimum atomic E-state index is -0.977.